The molecule has 2 rings (SSSR count). The summed E-state index contributed by atoms with van der Waals surface area (Å²) in [4.78, 5) is 14.2. The summed E-state index contributed by atoms with van der Waals surface area (Å²) in [7, 11) is 0. The van der Waals surface area contributed by atoms with E-state index in [1.165, 1.54) is 24.3 Å². The van der Waals surface area contributed by atoms with E-state index in [0.29, 0.717) is 5.56 Å². The Balaban J connectivity index is 2.55. The Hall–Kier alpha value is -1.95. The lowest BCUT2D eigenvalue weighted by Crippen LogP contribution is -2.05. The van der Waals surface area contributed by atoms with Crippen LogP contribution in [0.15, 0.2) is 41.6 Å². The molecule has 0 saturated heterocycles. The second kappa shape index (κ2) is 4.97. The van der Waals surface area contributed by atoms with Crippen LogP contribution in [0.5, 0.6) is 0 Å². The third-order valence-electron chi connectivity index (χ3n) is 2.37. The van der Waals surface area contributed by atoms with Crippen LogP contribution in [0.3, 0.4) is 0 Å². The van der Waals surface area contributed by atoms with Crippen LogP contribution in [0.4, 0.5) is 18.9 Å². The molecular weight excluding hydrogens is 281 g/mol. The van der Waals surface area contributed by atoms with Gasteiger partial charge in [-0.1, -0.05) is 23.7 Å². The Kier molecular flexibility index (Phi) is 3.53. The van der Waals surface area contributed by atoms with Crippen LogP contribution < -0.4 is 0 Å². The summed E-state index contributed by atoms with van der Waals surface area (Å²) in [6.07, 6.45) is -4.51. The van der Waals surface area contributed by atoms with E-state index in [4.69, 9.17) is 11.6 Å². The van der Waals surface area contributed by atoms with E-state index in [9.17, 15) is 18.1 Å². The van der Waals surface area contributed by atoms with Gasteiger partial charge in [-0.3, -0.25) is 0 Å². The van der Waals surface area contributed by atoms with Crippen LogP contribution in [-0.2, 0) is 6.18 Å². The van der Waals surface area contributed by atoms with Gasteiger partial charge in [-0.05, 0) is 29.4 Å². The minimum absolute atomic E-state index is 0.0327. The van der Waals surface area contributed by atoms with Crippen LogP contribution in [0.1, 0.15) is 5.56 Å². The van der Waals surface area contributed by atoms with Gasteiger partial charge in [0.05, 0.1) is 11.3 Å². The summed E-state index contributed by atoms with van der Waals surface area (Å²) in [5, 5.41) is 2.45. The van der Waals surface area contributed by atoms with Crippen molar-refractivity contribution in [1.82, 2.24) is 4.98 Å². The molecule has 0 fully saturated rings. The summed E-state index contributed by atoms with van der Waals surface area (Å²) in [5.74, 6) is 0. The van der Waals surface area contributed by atoms with E-state index >= 15 is 0 Å². The van der Waals surface area contributed by atoms with Crippen molar-refractivity contribution in [2.24, 2.45) is 5.18 Å². The van der Waals surface area contributed by atoms with Gasteiger partial charge >= 0.3 is 6.18 Å². The molecule has 0 aliphatic heterocycles. The normalized spacial score (nSPS) is 11.4. The van der Waals surface area contributed by atoms with Gasteiger partial charge in [-0.2, -0.15) is 13.2 Å². The topological polar surface area (TPSA) is 42.3 Å². The van der Waals surface area contributed by atoms with Crippen molar-refractivity contribution in [2.45, 2.75) is 6.18 Å². The first-order valence-corrected chi connectivity index (χ1v) is 5.46. The van der Waals surface area contributed by atoms with Crippen molar-refractivity contribution in [3.63, 3.8) is 0 Å². The van der Waals surface area contributed by atoms with E-state index < -0.39 is 11.7 Å². The van der Waals surface area contributed by atoms with Gasteiger partial charge in [-0.25, -0.2) is 4.98 Å². The molecule has 7 heteroatoms. The van der Waals surface area contributed by atoms with Gasteiger partial charge in [0, 0.05) is 5.56 Å². The van der Waals surface area contributed by atoms with E-state index in [0.717, 1.165) is 12.1 Å². The van der Waals surface area contributed by atoms with E-state index in [1.807, 2.05) is 0 Å². The van der Waals surface area contributed by atoms with Gasteiger partial charge in [0.15, 0.2) is 0 Å². The molecule has 19 heavy (non-hydrogen) atoms. The molecule has 1 aromatic heterocycles. The number of hydrogen-bond acceptors (Lipinski definition) is 3. The van der Waals surface area contributed by atoms with Crippen molar-refractivity contribution in [1.29, 1.82) is 0 Å². The number of aromatic nitrogens is 1. The number of nitroso groups, excluding NO2 is 1. The summed E-state index contributed by atoms with van der Waals surface area (Å²) in [5.41, 5.74) is -0.421. The first kappa shape index (κ1) is 13.5. The van der Waals surface area contributed by atoms with Gasteiger partial charge < -0.3 is 0 Å². The van der Waals surface area contributed by atoms with Crippen LogP contribution in [0.25, 0.3) is 11.3 Å². The minimum atomic E-state index is -4.51. The van der Waals surface area contributed by atoms with Crippen molar-refractivity contribution >= 4 is 17.3 Å². The average Bonchev–Trinajstić information content (AvgIpc) is 2.37. The van der Waals surface area contributed by atoms with Gasteiger partial charge in [0.25, 0.3) is 0 Å². The molecular formula is C12H6ClF3N2O. The number of pyridine rings is 1. The molecule has 0 atom stereocenters. The molecule has 0 aliphatic rings. The third-order valence-corrected chi connectivity index (χ3v) is 2.56. The first-order chi connectivity index (χ1) is 8.90. The van der Waals surface area contributed by atoms with Crippen LogP contribution in [0.2, 0.25) is 5.15 Å². The summed E-state index contributed by atoms with van der Waals surface area (Å²) in [6, 6.07) is 7.41. The van der Waals surface area contributed by atoms with Crippen LogP contribution >= 0.6 is 11.6 Å². The average molecular weight is 287 g/mol. The predicted octanol–water partition coefficient (Wildman–Crippen LogP) is 4.82. The third kappa shape index (κ3) is 3.08. The molecule has 0 saturated carbocycles. The maximum atomic E-state index is 12.7. The summed E-state index contributed by atoms with van der Waals surface area (Å²) < 4.78 is 38.0. The highest BCUT2D eigenvalue weighted by Gasteiger charge is 2.31. The molecule has 0 spiro atoms. The number of benzene rings is 1. The molecule has 0 aliphatic carbocycles. The minimum Gasteiger partial charge on any atom is -0.236 e. The maximum absolute atomic E-state index is 12.7. The SMILES string of the molecule is O=Nc1cccc(-c2cc(C(F)(F)F)cc(Cl)n2)c1. The van der Waals surface area contributed by atoms with Gasteiger partial charge in [0.1, 0.15) is 10.8 Å². The molecule has 0 amide bonds. The molecule has 3 nitrogen and oxygen atoms in total. The lowest BCUT2D eigenvalue weighted by atomic mass is 10.1. The van der Waals surface area contributed by atoms with Gasteiger partial charge in [-0.15, -0.1) is 4.91 Å². The summed E-state index contributed by atoms with van der Waals surface area (Å²) >= 11 is 5.58. The van der Waals surface area contributed by atoms with E-state index in [2.05, 4.69) is 10.2 Å². The fourth-order valence-electron chi connectivity index (χ4n) is 1.53. The first-order valence-electron chi connectivity index (χ1n) is 5.09. The Morgan fingerprint density at radius 2 is 1.89 bits per heavy atom. The molecule has 0 N–H and O–H groups in total. The summed E-state index contributed by atoms with van der Waals surface area (Å²) in [6.45, 7) is 0. The zero-order valence-electron chi connectivity index (χ0n) is 9.28. The molecule has 1 heterocycles. The van der Waals surface area contributed by atoms with Crippen molar-refractivity contribution in [3.8, 4) is 11.3 Å². The molecule has 98 valence electrons. The zero-order valence-corrected chi connectivity index (χ0v) is 10.0. The second-order valence-electron chi connectivity index (χ2n) is 3.70. The van der Waals surface area contributed by atoms with E-state index in [-0.39, 0.29) is 16.5 Å². The van der Waals surface area contributed by atoms with Gasteiger partial charge in [0.2, 0.25) is 0 Å². The van der Waals surface area contributed by atoms with Crippen molar-refractivity contribution in [2.75, 3.05) is 0 Å². The molecule has 0 bridgehead atoms. The van der Waals surface area contributed by atoms with Crippen LogP contribution in [0, 0.1) is 4.91 Å². The monoisotopic (exact) mass is 286 g/mol. The lowest BCUT2D eigenvalue weighted by molar-refractivity contribution is -0.137. The molecule has 2 aromatic rings. The number of alkyl halides is 3. The highest BCUT2D eigenvalue weighted by atomic mass is 35.5. The van der Waals surface area contributed by atoms with E-state index in [1.54, 1.807) is 0 Å². The zero-order chi connectivity index (χ0) is 14.0. The standard InChI is InChI=1S/C12H6ClF3N2O/c13-11-6-8(12(14,15)16)5-10(17-11)7-2-1-3-9(4-7)18-19/h1-6H. The Labute approximate surface area is 111 Å². The maximum Gasteiger partial charge on any atom is 0.416 e. The number of rotatable bonds is 2. The Morgan fingerprint density at radius 3 is 2.53 bits per heavy atom. The second-order valence-corrected chi connectivity index (χ2v) is 4.09. The van der Waals surface area contributed by atoms with Crippen LogP contribution in [-0.4, -0.2) is 4.98 Å². The highest BCUT2D eigenvalue weighted by Crippen LogP contribution is 2.33. The Morgan fingerprint density at radius 1 is 1.16 bits per heavy atom. The smallest absolute Gasteiger partial charge is 0.236 e. The Bertz CT molecular complexity index is 629. The quantitative estimate of drug-likeness (QED) is 0.587. The number of nitrogens with zero attached hydrogens (tertiary/aromatic N) is 2. The lowest BCUT2D eigenvalue weighted by Gasteiger charge is -2.09. The number of hydrogen-bond donors (Lipinski definition) is 0. The fraction of sp³-hybridized carbons (Fsp3) is 0.0833. The fourth-order valence-corrected chi connectivity index (χ4v) is 1.74. The predicted molar refractivity (Wildman–Crippen MR) is 65.1 cm³/mol. The molecule has 1 aromatic carbocycles. The van der Waals surface area contributed by atoms with Crippen molar-refractivity contribution in [3.05, 3.63) is 52.0 Å². The largest absolute Gasteiger partial charge is 0.416 e. The molecule has 0 unspecified atom stereocenters. The number of halogens is 4. The highest BCUT2D eigenvalue weighted by molar-refractivity contribution is 6.29. The molecule has 0 radical (unpaired) electrons. The van der Waals surface area contributed by atoms with Crippen molar-refractivity contribution < 1.29 is 13.2 Å².